The fraction of sp³-hybridized carbons (Fsp3) is 0.312. The first-order valence-corrected chi connectivity index (χ1v) is 7.31. The highest BCUT2D eigenvalue weighted by Crippen LogP contribution is 2.30. The highest BCUT2D eigenvalue weighted by Gasteiger charge is 2.20. The molecule has 1 aliphatic carbocycles. The highest BCUT2D eigenvalue weighted by molar-refractivity contribution is 6.32. The zero-order chi connectivity index (χ0) is 14.8. The molecule has 110 valence electrons. The molecule has 0 spiro atoms. The van der Waals surface area contributed by atoms with Gasteiger partial charge in [-0.15, -0.1) is 0 Å². The molecule has 0 radical (unpaired) electrons. The van der Waals surface area contributed by atoms with Gasteiger partial charge < -0.3 is 10.1 Å². The number of pyridine rings is 1. The van der Waals surface area contributed by atoms with E-state index in [1.165, 1.54) is 31.0 Å². The van der Waals surface area contributed by atoms with Crippen LogP contribution in [0.1, 0.15) is 24.0 Å². The van der Waals surface area contributed by atoms with Gasteiger partial charge in [-0.25, -0.2) is 9.37 Å². The van der Waals surface area contributed by atoms with Gasteiger partial charge in [0.15, 0.2) is 0 Å². The Bertz CT molecular complexity index is 659. The lowest BCUT2D eigenvalue weighted by atomic mass is 10.2. The van der Waals surface area contributed by atoms with Gasteiger partial charge >= 0.3 is 0 Å². The predicted octanol–water partition coefficient (Wildman–Crippen LogP) is 4.23. The van der Waals surface area contributed by atoms with Crippen LogP contribution in [0.25, 0.3) is 0 Å². The molecule has 0 bridgehead atoms. The van der Waals surface area contributed by atoms with Crippen molar-refractivity contribution in [3.63, 3.8) is 0 Å². The average Bonchev–Trinajstić information content (AvgIpc) is 3.26. The summed E-state index contributed by atoms with van der Waals surface area (Å²) in [5, 5.41) is 3.67. The molecular weight excluding hydrogens is 291 g/mol. The van der Waals surface area contributed by atoms with Gasteiger partial charge in [-0.1, -0.05) is 11.6 Å². The summed E-state index contributed by atoms with van der Waals surface area (Å²) in [7, 11) is 0. The fourth-order valence-corrected chi connectivity index (χ4v) is 2.24. The summed E-state index contributed by atoms with van der Waals surface area (Å²) < 4.78 is 18.7. The van der Waals surface area contributed by atoms with Gasteiger partial charge in [0, 0.05) is 24.3 Å². The first-order valence-electron chi connectivity index (χ1n) is 6.93. The maximum absolute atomic E-state index is 13.0. The third-order valence-corrected chi connectivity index (χ3v) is 3.66. The van der Waals surface area contributed by atoms with Gasteiger partial charge in [0.2, 0.25) is 5.88 Å². The number of aryl methyl sites for hydroxylation is 1. The molecule has 2 aromatic rings. The van der Waals surface area contributed by atoms with E-state index in [0.29, 0.717) is 17.7 Å². The molecular formula is C16H16ClFN2O. The number of hydrogen-bond acceptors (Lipinski definition) is 3. The lowest BCUT2D eigenvalue weighted by molar-refractivity contribution is 0.457. The smallest absolute Gasteiger partial charge is 0.222 e. The van der Waals surface area contributed by atoms with Gasteiger partial charge in [-0.2, -0.15) is 0 Å². The van der Waals surface area contributed by atoms with E-state index < -0.39 is 5.82 Å². The quantitative estimate of drug-likeness (QED) is 0.897. The normalized spacial score (nSPS) is 14.2. The third-order valence-electron chi connectivity index (χ3n) is 3.36. The van der Waals surface area contributed by atoms with E-state index in [4.69, 9.17) is 16.3 Å². The number of ether oxygens (including phenoxy) is 1. The summed E-state index contributed by atoms with van der Waals surface area (Å²) in [6, 6.07) is 6.74. The summed E-state index contributed by atoms with van der Waals surface area (Å²) in [5.74, 6) is 0.495. The first kappa shape index (κ1) is 14.3. The second kappa shape index (κ2) is 6.00. The van der Waals surface area contributed by atoms with Gasteiger partial charge in [0.25, 0.3) is 0 Å². The number of nitrogens with one attached hydrogen (secondary N) is 1. The van der Waals surface area contributed by atoms with Crippen LogP contribution in [0, 0.1) is 12.7 Å². The Kier molecular flexibility index (Phi) is 4.08. The van der Waals surface area contributed by atoms with E-state index in [0.717, 1.165) is 17.7 Å². The number of rotatable bonds is 5. The largest absolute Gasteiger partial charge is 0.437 e. The molecule has 1 aromatic carbocycles. The van der Waals surface area contributed by atoms with Crippen LogP contribution in [0.15, 0.2) is 30.5 Å². The molecule has 1 heterocycles. The molecule has 3 nitrogen and oxygen atoms in total. The van der Waals surface area contributed by atoms with Crippen LogP contribution in [0.3, 0.4) is 0 Å². The predicted molar refractivity (Wildman–Crippen MR) is 80.3 cm³/mol. The van der Waals surface area contributed by atoms with Crippen molar-refractivity contribution in [3.05, 3.63) is 52.4 Å². The summed E-state index contributed by atoms with van der Waals surface area (Å²) in [6.45, 7) is 2.75. The van der Waals surface area contributed by atoms with Crippen molar-refractivity contribution in [3.8, 4) is 11.6 Å². The molecule has 1 fully saturated rings. The number of aromatic nitrogens is 1. The van der Waals surface area contributed by atoms with Crippen LogP contribution in [-0.2, 0) is 6.54 Å². The van der Waals surface area contributed by atoms with Crippen molar-refractivity contribution >= 4 is 11.6 Å². The van der Waals surface area contributed by atoms with Crippen LogP contribution < -0.4 is 10.1 Å². The van der Waals surface area contributed by atoms with E-state index in [2.05, 4.69) is 10.3 Å². The minimum atomic E-state index is -0.390. The molecule has 0 saturated heterocycles. The van der Waals surface area contributed by atoms with Crippen LogP contribution in [0.4, 0.5) is 4.39 Å². The average molecular weight is 307 g/mol. The van der Waals surface area contributed by atoms with Gasteiger partial charge in [0.1, 0.15) is 11.6 Å². The van der Waals surface area contributed by atoms with E-state index in [9.17, 15) is 4.39 Å². The Morgan fingerprint density at radius 2 is 2.19 bits per heavy atom. The number of hydrogen-bond donors (Lipinski definition) is 1. The van der Waals surface area contributed by atoms with Crippen LogP contribution in [-0.4, -0.2) is 11.0 Å². The molecule has 0 amide bonds. The van der Waals surface area contributed by atoms with Crippen molar-refractivity contribution in [1.82, 2.24) is 10.3 Å². The molecule has 21 heavy (non-hydrogen) atoms. The van der Waals surface area contributed by atoms with Gasteiger partial charge in [0.05, 0.1) is 5.02 Å². The molecule has 0 atom stereocenters. The molecule has 5 heteroatoms. The molecule has 0 aliphatic heterocycles. The minimum absolute atomic E-state index is 0.232. The van der Waals surface area contributed by atoms with E-state index in [1.807, 2.05) is 13.0 Å². The Morgan fingerprint density at radius 3 is 2.86 bits per heavy atom. The highest BCUT2D eigenvalue weighted by atomic mass is 35.5. The zero-order valence-corrected chi connectivity index (χ0v) is 12.5. The third kappa shape index (κ3) is 3.71. The molecule has 0 unspecified atom stereocenters. The SMILES string of the molecule is Cc1cc(CNC2CC2)cnc1Oc1ccc(F)cc1Cl. The van der Waals surface area contributed by atoms with Crippen molar-refractivity contribution < 1.29 is 9.13 Å². The van der Waals surface area contributed by atoms with Crippen LogP contribution >= 0.6 is 11.6 Å². The summed E-state index contributed by atoms with van der Waals surface area (Å²) >= 11 is 5.95. The van der Waals surface area contributed by atoms with Gasteiger partial charge in [-0.3, -0.25) is 0 Å². The first-order chi connectivity index (χ1) is 10.1. The minimum Gasteiger partial charge on any atom is -0.437 e. The molecule has 1 aromatic heterocycles. The monoisotopic (exact) mass is 306 g/mol. The molecule has 1 aliphatic rings. The summed E-state index contributed by atoms with van der Waals surface area (Å²) in [4.78, 5) is 4.32. The standard InChI is InChI=1S/C16H16ClFN2O/c1-10-6-11(8-19-13-3-4-13)9-20-16(10)21-15-5-2-12(18)7-14(15)17/h2,5-7,9,13,19H,3-4,8H2,1H3. The fourth-order valence-electron chi connectivity index (χ4n) is 2.04. The number of nitrogens with zero attached hydrogens (tertiary/aromatic N) is 1. The lowest BCUT2D eigenvalue weighted by Crippen LogP contribution is -2.15. The Morgan fingerprint density at radius 1 is 1.38 bits per heavy atom. The van der Waals surface area contributed by atoms with Crippen LogP contribution in [0.2, 0.25) is 5.02 Å². The number of benzene rings is 1. The van der Waals surface area contributed by atoms with Gasteiger partial charge in [-0.05, 0) is 49.6 Å². The van der Waals surface area contributed by atoms with E-state index >= 15 is 0 Å². The second-order valence-electron chi connectivity index (χ2n) is 5.30. The molecule has 1 N–H and O–H groups in total. The van der Waals surface area contributed by atoms with Crippen molar-refractivity contribution in [1.29, 1.82) is 0 Å². The van der Waals surface area contributed by atoms with Crippen LogP contribution in [0.5, 0.6) is 11.6 Å². The molecule has 1 saturated carbocycles. The maximum Gasteiger partial charge on any atom is 0.222 e. The topological polar surface area (TPSA) is 34.2 Å². The van der Waals surface area contributed by atoms with Crippen molar-refractivity contribution in [2.45, 2.75) is 32.4 Å². The zero-order valence-electron chi connectivity index (χ0n) is 11.7. The Labute approximate surface area is 128 Å². The Balaban J connectivity index is 1.72. The number of halogens is 2. The lowest BCUT2D eigenvalue weighted by Gasteiger charge is -2.10. The van der Waals surface area contributed by atoms with E-state index in [-0.39, 0.29) is 5.02 Å². The summed E-state index contributed by atoms with van der Waals surface area (Å²) in [6.07, 6.45) is 4.31. The molecule has 3 rings (SSSR count). The second-order valence-corrected chi connectivity index (χ2v) is 5.70. The van der Waals surface area contributed by atoms with Crippen molar-refractivity contribution in [2.24, 2.45) is 0 Å². The van der Waals surface area contributed by atoms with Crippen molar-refractivity contribution in [2.75, 3.05) is 0 Å². The van der Waals surface area contributed by atoms with E-state index in [1.54, 1.807) is 6.20 Å². The Hall–Kier alpha value is -1.65. The maximum atomic E-state index is 13.0. The summed E-state index contributed by atoms with van der Waals surface area (Å²) in [5.41, 5.74) is 2.04.